The first-order valence-electron chi connectivity index (χ1n) is 7.41. The predicted molar refractivity (Wildman–Crippen MR) is 90.2 cm³/mol. The van der Waals surface area contributed by atoms with Gasteiger partial charge in [0.1, 0.15) is 5.75 Å². The Morgan fingerprint density at radius 2 is 2.04 bits per heavy atom. The number of hydrogen-bond donors (Lipinski definition) is 3. The number of carbonyl (C=O) groups excluding carboxylic acids is 2. The monoisotopic (exact) mass is 366 g/mol. The Labute approximate surface area is 148 Å². The van der Waals surface area contributed by atoms with Gasteiger partial charge in [0.15, 0.2) is 0 Å². The summed E-state index contributed by atoms with van der Waals surface area (Å²) in [6, 6.07) is 5.73. The third-order valence-corrected chi connectivity index (χ3v) is 3.73. The molecule has 0 saturated carbocycles. The summed E-state index contributed by atoms with van der Waals surface area (Å²) in [6.07, 6.45) is 0.662. The van der Waals surface area contributed by atoms with E-state index in [1.54, 1.807) is 19.2 Å². The Hall–Kier alpha value is -2.59. The Morgan fingerprint density at radius 1 is 1.28 bits per heavy atom. The molecule has 1 heterocycles. The van der Waals surface area contributed by atoms with Crippen molar-refractivity contribution in [3.05, 3.63) is 24.3 Å². The van der Waals surface area contributed by atoms with Crippen LogP contribution in [0.3, 0.4) is 0 Å². The van der Waals surface area contributed by atoms with E-state index >= 15 is 0 Å². The molecule has 25 heavy (non-hydrogen) atoms. The van der Waals surface area contributed by atoms with E-state index < -0.39 is 11.9 Å². The second-order valence-corrected chi connectivity index (χ2v) is 5.79. The molecule has 0 aliphatic heterocycles. The molecular formula is C15H18N4O5S. The van der Waals surface area contributed by atoms with Crippen LogP contribution in [-0.2, 0) is 9.53 Å². The van der Waals surface area contributed by atoms with Gasteiger partial charge in [-0.25, -0.2) is 4.79 Å². The van der Waals surface area contributed by atoms with E-state index in [1.807, 2.05) is 0 Å². The summed E-state index contributed by atoms with van der Waals surface area (Å²) in [5.74, 6) is -0.102. The van der Waals surface area contributed by atoms with Gasteiger partial charge in [-0.3, -0.25) is 10.1 Å². The zero-order valence-corrected chi connectivity index (χ0v) is 14.3. The molecular weight excluding hydrogens is 348 g/mol. The number of rotatable bonds is 8. The molecule has 1 aromatic carbocycles. The number of imide groups is 1. The molecule has 0 aliphatic carbocycles. The van der Waals surface area contributed by atoms with E-state index in [0.717, 1.165) is 11.8 Å². The van der Waals surface area contributed by atoms with Crippen LogP contribution in [0.4, 0.5) is 4.79 Å². The number of methoxy groups -OCH3 is 1. The molecule has 0 aliphatic rings. The van der Waals surface area contributed by atoms with Crippen molar-refractivity contribution in [2.75, 3.05) is 26.0 Å². The quantitative estimate of drug-likeness (QED) is 0.473. The lowest BCUT2D eigenvalue weighted by molar-refractivity contribution is -0.117. The van der Waals surface area contributed by atoms with Crippen LogP contribution in [0.25, 0.3) is 11.5 Å². The highest BCUT2D eigenvalue weighted by atomic mass is 32.2. The Kier molecular flexibility index (Phi) is 7.23. The highest BCUT2D eigenvalue weighted by Gasteiger charge is 2.12. The fourth-order valence-corrected chi connectivity index (χ4v) is 2.30. The van der Waals surface area contributed by atoms with Crippen LogP contribution in [0.1, 0.15) is 6.42 Å². The van der Waals surface area contributed by atoms with Crippen molar-refractivity contribution in [2.24, 2.45) is 0 Å². The van der Waals surface area contributed by atoms with Crippen molar-refractivity contribution in [2.45, 2.75) is 11.6 Å². The number of hydrogen-bond acceptors (Lipinski definition) is 8. The second kappa shape index (κ2) is 9.64. The molecule has 9 nitrogen and oxygen atoms in total. The fourth-order valence-electron chi connectivity index (χ4n) is 1.74. The first-order chi connectivity index (χ1) is 12.1. The number of amides is 3. The Balaban J connectivity index is 1.75. The molecule has 2 aromatic rings. The smallest absolute Gasteiger partial charge is 0.321 e. The van der Waals surface area contributed by atoms with Crippen LogP contribution in [-0.4, -0.2) is 53.3 Å². The molecule has 1 aromatic heterocycles. The summed E-state index contributed by atoms with van der Waals surface area (Å²) in [7, 11) is 1.57. The number of nitrogens with one attached hydrogen (secondary N) is 2. The van der Waals surface area contributed by atoms with E-state index in [0.29, 0.717) is 25.1 Å². The number of urea groups is 1. The van der Waals surface area contributed by atoms with E-state index in [2.05, 4.69) is 20.8 Å². The Morgan fingerprint density at radius 3 is 2.76 bits per heavy atom. The fraction of sp³-hybridized carbons (Fsp3) is 0.333. The summed E-state index contributed by atoms with van der Waals surface area (Å²) in [5, 5.41) is 21.9. The first kappa shape index (κ1) is 18.7. The normalized spacial score (nSPS) is 10.4. The number of phenols is 1. The number of thioether (sulfide) groups is 1. The maximum Gasteiger partial charge on any atom is 0.321 e. The largest absolute Gasteiger partial charge is 0.508 e. The lowest BCUT2D eigenvalue weighted by atomic mass is 10.2. The van der Waals surface area contributed by atoms with E-state index in [9.17, 15) is 14.7 Å². The SMILES string of the molecule is COCCCNC(=O)NC(=O)CSc1nnc(-c2ccc(O)cc2)o1. The van der Waals surface area contributed by atoms with Gasteiger partial charge in [-0.2, -0.15) is 0 Å². The van der Waals surface area contributed by atoms with Gasteiger partial charge in [-0.05, 0) is 30.7 Å². The predicted octanol–water partition coefficient (Wildman–Crippen LogP) is 1.40. The third-order valence-electron chi connectivity index (χ3n) is 2.91. The van der Waals surface area contributed by atoms with Crippen molar-refractivity contribution in [3.63, 3.8) is 0 Å². The summed E-state index contributed by atoms with van der Waals surface area (Å²) in [4.78, 5) is 23.2. The number of carbonyl (C=O) groups is 2. The first-order valence-corrected chi connectivity index (χ1v) is 8.39. The standard InChI is InChI=1S/C15H18N4O5S/c1-23-8-2-7-16-14(22)17-12(21)9-25-15-19-18-13(24-15)10-3-5-11(20)6-4-10/h3-6,20H,2,7-9H2,1H3,(H2,16,17,21,22). The summed E-state index contributed by atoms with van der Waals surface area (Å²) >= 11 is 1.02. The van der Waals surface area contributed by atoms with E-state index in [4.69, 9.17) is 9.15 Å². The molecule has 0 atom stereocenters. The lowest BCUT2D eigenvalue weighted by Gasteiger charge is -2.05. The molecule has 134 valence electrons. The highest BCUT2D eigenvalue weighted by molar-refractivity contribution is 7.99. The highest BCUT2D eigenvalue weighted by Crippen LogP contribution is 2.24. The van der Waals surface area contributed by atoms with Crippen molar-refractivity contribution in [1.29, 1.82) is 0 Å². The number of benzene rings is 1. The van der Waals surface area contributed by atoms with Gasteiger partial charge in [-0.15, -0.1) is 10.2 Å². The molecule has 0 radical (unpaired) electrons. The Bertz CT molecular complexity index is 704. The molecule has 0 unspecified atom stereocenters. The van der Waals surface area contributed by atoms with Gasteiger partial charge in [-0.1, -0.05) is 11.8 Å². The minimum atomic E-state index is -0.558. The molecule has 2 rings (SSSR count). The van der Waals surface area contributed by atoms with Crippen molar-refractivity contribution in [3.8, 4) is 17.2 Å². The molecule has 10 heteroatoms. The summed E-state index contributed by atoms with van der Waals surface area (Å²) in [6.45, 7) is 0.949. The zero-order valence-electron chi connectivity index (χ0n) is 13.5. The van der Waals surface area contributed by atoms with Crippen LogP contribution >= 0.6 is 11.8 Å². The molecule has 0 bridgehead atoms. The van der Waals surface area contributed by atoms with Crippen molar-refractivity contribution < 1.29 is 23.8 Å². The number of nitrogens with zero attached hydrogens (tertiary/aromatic N) is 2. The van der Waals surface area contributed by atoms with Crippen LogP contribution in [0.5, 0.6) is 5.75 Å². The maximum atomic E-state index is 11.7. The molecule has 3 amide bonds. The average Bonchev–Trinajstić information content (AvgIpc) is 3.06. The number of aromatic nitrogens is 2. The minimum absolute atomic E-state index is 0.0390. The van der Waals surface area contributed by atoms with Crippen LogP contribution in [0.15, 0.2) is 33.9 Å². The number of ether oxygens (including phenoxy) is 1. The van der Waals surface area contributed by atoms with Crippen LogP contribution < -0.4 is 10.6 Å². The van der Waals surface area contributed by atoms with Gasteiger partial charge >= 0.3 is 6.03 Å². The molecule has 0 fully saturated rings. The van der Waals surface area contributed by atoms with E-state index in [-0.39, 0.29) is 22.6 Å². The lowest BCUT2D eigenvalue weighted by Crippen LogP contribution is -2.40. The molecule has 0 spiro atoms. The van der Waals surface area contributed by atoms with Crippen LogP contribution in [0.2, 0.25) is 0 Å². The second-order valence-electron chi connectivity index (χ2n) is 4.86. The van der Waals surface area contributed by atoms with Gasteiger partial charge in [0.2, 0.25) is 11.8 Å². The van der Waals surface area contributed by atoms with Gasteiger partial charge < -0.3 is 19.6 Å². The molecule has 3 N–H and O–H groups in total. The number of phenolic OH excluding ortho intramolecular Hbond substituents is 1. The van der Waals surface area contributed by atoms with Gasteiger partial charge in [0.05, 0.1) is 5.75 Å². The summed E-state index contributed by atoms with van der Waals surface area (Å²) in [5.41, 5.74) is 0.650. The average molecular weight is 366 g/mol. The van der Waals surface area contributed by atoms with E-state index in [1.165, 1.54) is 12.1 Å². The van der Waals surface area contributed by atoms with Crippen molar-refractivity contribution >= 4 is 23.7 Å². The third kappa shape index (κ3) is 6.43. The van der Waals surface area contributed by atoms with Crippen LogP contribution in [0, 0.1) is 0 Å². The maximum absolute atomic E-state index is 11.7. The van der Waals surface area contributed by atoms with Crippen molar-refractivity contribution in [1.82, 2.24) is 20.8 Å². The zero-order chi connectivity index (χ0) is 18.1. The molecule has 0 saturated heterocycles. The van der Waals surface area contributed by atoms with Gasteiger partial charge in [0.25, 0.3) is 5.22 Å². The minimum Gasteiger partial charge on any atom is -0.508 e. The summed E-state index contributed by atoms with van der Waals surface area (Å²) < 4.78 is 10.3. The topological polar surface area (TPSA) is 127 Å². The number of aromatic hydroxyl groups is 1. The van der Waals surface area contributed by atoms with Gasteiger partial charge in [0, 0.05) is 25.8 Å².